The number of benzene rings is 2. The highest BCUT2D eigenvalue weighted by atomic mass is 19.1. The highest BCUT2D eigenvalue weighted by Gasteiger charge is 2.27. The summed E-state index contributed by atoms with van der Waals surface area (Å²) in [5, 5.41) is 9.19. The molecular weight excluding hydrogens is 359 g/mol. The first-order chi connectivity index (χ1) is 13.7. The summed E-state index contributed by atoms with van der Waals surface area (Å²) in [6, 6.07) is 14.4. The lowest BCUT2D eigenvalue weighted by Crippen LogP contribution is -2.47. The molecule has 0 aliphatic carbocycles. The molecule has 2 heterocycles. The van der Waals surface area contributed by atoms with Crippen LogP contribution in [0.1, 0.15) is 17.4 Å². The first kappa shape index (κ1) is 18.2. The van der Waals surface area contributed by atoms with Gasteiger partial charge in [0.05, 0.1) is 23.5 Å². The van der Waals surface area contributed by atoms with Gasteiger partial charge in [-0.1, -0.05) is 30.3 Å². The van der Waals surface area contributed by atoms with Crippen LogP contribution in [0.2, 0.25) is 0 Å². The lowest BCUT2D eigenvalue weighted by molar-refractivity contribution is 0.0519. The molecule has 1 aliphatic heterocycles. The van der Waals surface area contributed by atoms with Crippen molar-refractivity contribution in [3.63, 3.8) is 0 Å². The topological polar surface area (TPSA) is 58.6 Å². The van der Waals surface area contributed by atoms with Gasteiger partial charge in [0.15, 0.2) is 5.69 Å². The zero-order chi connectivity index (χ0) is 19.5. The van der Waals surface area contributed by atoms with Crippen molar-refractivity contribution < 1.29 is 13.9 Å². The summed E-state index contributed by atoms with van der Waals surface area (Å²) in [6.45, 7) is 4.58. The summed E-state index contributed by atoms with van der Waals surface area (Å²) in [4.78, 5) is 16.6. The summed E-state index contributed by atoms with van der Waals surface area (Å²) in [5.41, 5.74) is 2.28. The van der Waals surface area contributed by atoms with Crippen LogP contribution >= 0.6 is 0 Å². The molecule has 1 saturated heterocycles. The molecule has 1 aliphatic rings. The van der Waals surface area contributed by atoms with Crippen molar-refractivity contribution in [2.24, 2.45) is 0 Å². The number of halogens is 1. The number of hydrogen-bond acceptors (Lipinski definition) is 6. The number of aromatic nitrogens is 2. The lowest BCUT2D eigenvalue weighted by atomic mass is 10.1. The number of anilines is 2. The molecule has 6 nitrogen and oxygen atoms in total. The average Bonchev–Trinajstić information content (AvgIpc) is 2.73. The van der Waals surface area contributed by atoms with Crippen LogP contribution in [-0.2, 0) is 4.74 Å². The zero-order valence-electron chi connectivity index (χ0n) is 15.6. The second-order valence-corrected chi connectivity index (χ2v) is 6.56. The number of rotatable bonds is 4. The smallest absolute Gasteiger partial charge is 0.361 e. The predicted molar refractivity (Wildman–Crippen MR) is 106 cm³/mol. The van der Waals surface area contributed by atoms with Gasteiger partial charge >= 0.3 is 5.97 Å². The van der Waals surface area contributed by atoms with Crippen molar-refractivity contribution in [2.45, 2.75) is 6.92 Å². The van der Waals surface area contributed by atoms with E-state index in [1.54, 1.807) is 19.1 Å². The van der Waals surface area contributed by atoms with Crippen LogP contribution in [0.5, 0.6) is 0 Å². The van der Waals surface area contributed by atoms with Gasteiger partial charge in [0.25, 0.3) is 0 Å². The summed E-state index contributed by atoms with van der Waals surface area (Å²) in [5.74, 6) is -0.702. The quantitative estimate of drug-likeness (QED) is 0.648. The van der Waals surface area contributed by atoms with E-state index in [0.29, 0.717) is 31.9 Å². The van der Waals surface area contributed by atoms with Crippen molar-refractivity contribution in [3.8, 4) is 0 Å². The van der Waals surface area contributed by atoms with Crippen LogP contribution < -0.4 is 9.80 Å². The minimum Gasteiger partial charge on any atom is -0.461 e. The molecule has 2 aromatic carbocycles. The molecule has 3 aromatic rings. The Morgan fingerprint density at radius 3 is 2.43 bits per heavy atom. The monoisotopic (exact) mass is 380 g/mol. The predicted octanol–water partition coefficient (Wildman–Crippen LogP) is 3.27. The van der Waals surface area contributed by atoms with E-state index in [0.717, 1.165) is 16.6 Å². The highest BCUT2D eigenvalue weighted by molar-refractivity contribution is 6.03. The summed E-state index contributed by atoms with van der Waals surface area (Å²) < 4.78 is 19.3. The fourth-order valence-corrected chi connectivity index (χ4v) is 3.58. The first-order valence-electron chi connectivity index (χ1n) is 9.36. The molecule has 1 fully saturated rings. The van der Waals surface area contributed by atoms with E-state index in [-0.39, 0.29) is 18.1 Å². The number of hydrogen-bond donors (Lipinski definition) is 0. The molecule has 0 atom stereocenters. The normalized spacial score (nSPS) is 14.4. The minimum absolute atomic E-state index is 0.222. The van der Waals surface area contributed by atoms with E-state index < -0.39 is 5.97 Å². The molecule has 0 radical (unpaired) electrons. The molecule has 7 heteroatoms. The van der Waals surface area contributed by atoms with E-state index in [2.05, 4.69) is 15.1 Å². The molecule has 4 rings (SSSR count). The number of piperazine rings is 1. The number of para-hydroxylation sites is 1. The third kappa shape index (κ3) is 3.35. The van der Waals surface area contributed by atoms with Crippen LogP contribution in [0.15, 0.2) is 48.5 Å². The maximum atomic E-state index is 14.1. The van der Waals surface area contributed by atoms with E-state index >= 15 is 0 Å². The average molecular weight is 380 g/mol. The largest absolute Gasteiger partial charge is 0.461 e. The van der Waals surface area contributed by atoms with Gasteiger partial charge in [0.1, 0.15) is 5.82 Å². The number of esters is 1. The minimum atomic E-state index is -0.479. The Bertz CT molecular complexity index is 1000. The Morgan fingerprint density at radius 2 is 1.68 bits per heavy atom. The standard InChI is InChI=1S/C21H21FN4O2/c1-2-28-21(27)19-20(15-7-3-5-9-17(15)23-24-19)26-13-11-25(12-14-26)18-10-6-4-8-16(18)22/h3-10H,2,11-14H2,1H3. The van der Waals surface area contributed by atoms with Crippen molar-refractivity contribution in [1.29, 1.82) is 0 Å². The van der Waals surface area contributed by atoms with Gasteiger partial charge in [-0.15, -0.1) is 10.2 Å². The van der Waals surface area contributed by atoms with Gasteiger partial charge in [-0.3, -0.25) is 0 Å². The summed E-state index contributed by atoms with van der Waals surface area (Å²) in [6.07, 6.45) is 0. The van der Waals surface area contributed by atoms with Gasteiger partial charge in [-0.25, -0.2) is 9.18 Å². The summed E-state index contributed by atoms with van der Waals surface area (Å²) >= 11 is 0. The van der Waals surface area contributed by atoms with Crippen LogP contribution in [0.3, 0.4) is 0 Å². The zero-order valence-corrected chi connectivity index (χ0v) is 15.6. The second-order valence-electron chi connectivity index (χ2n) is 6.56. The first-order valence-corrected chi connectivity index (χ1v) is 9.36. The van der Waals surface area contributed by atoms with Gasteiger partial charge in [-0.2, -0.15) is 0 Å². The van der Waals surface area contributed by atoms with Gasteiger partial charge in [-0.05, 0) is 25.1 Å². The van der Waals surface area contributed by atoms with E-state index in [1.165, 1.54) is 6.07 Å². The number of carbonyl (C=O) groups excluding carboxylic acids is 1. The third-order valence-corrected chi connectivity index (χ3v) is 4.90. The van der Waals surface area contributed by atoms with Crippen LogP contribution in [0.4, 0.5) is 15.8 Å². The number of fused-ring (bicyclic) bond motifs is 1. The molecule has 1 aromatic heterocycles. The lowest BCUT2D eigenvalue weighted by Gasteiger charge is -2.38. The highest BCUT2D eigenvalue weighted by Crippen LogP contribution is 2.30. The molecule has 0 bridgehead atoms. The number of nitrogens with zero attached hydrogens (tertiary/aromatic N) is 4. The second kappa shape index (κ2) is 7.80. The SMILES string of the molecule is CCOC(=O)c1nnc2ccccc2c1N1CCN(c2ccccc2F)CC1. The summed E-state index contributed by atoms with van der Waals surface area (Å²) in [7, 11) is 0. The van der Waals surface area contributed by atoms with Crippen molar-refractivity contribution in [3.05, 3.63) is 60.0 Å². The molecule has 0 N–H and O–H groups in total. The Labute approximate surface area is 162 Å². The van der Waals surface area contributed by atoms with Gasteiger partial charge in [0, 0.05) is 31.6 Å². The third-order valence-electron chi connectivity index (χ3n) is 4.90. The van der Waals surface area contributed by atoms with Gasteiger partial charge < -0.3 is 14.5 Å². The van der Waals surface area contributed by atoms with Gasteiger partial charge in [0.2, 0.25) is 0 Å². The van der Waals surface area contributed by atoms with E-state index in [9.17, 15) is 9.18 Å². The number of carbonyl (C=O) groups is 1. The molecule has 0 amide bonds. The molecule has 144 valence electrons. The molecule has 0 spiro atoms. The Hall–Kier alpha value is -3.22. The fraction of sp³-hybridized carbons (Fsp3) is 0.286. The molecule has 28 heavy (non-hydrogen) atoms. The van der Waals surface area contributed by atoms with Crippen molar-refractivity contribution in [2.75, 3.05) is 42.6 Å². The maximum absolute atomic E-state index is 14.1. The fourth-order valence-electron chi connectivity index (χ4n) is 3.58. The molecular formula is C21H21FN4O2. The Morgan fingerprint density at radius 1 is 1.00 bits per heavy atom. The number of ether oxygens (including phenoxy) is 1. The maximum Gasteiger partial charge on any atom is 0.361 e. The molecule has 0 unspecified atom stereocenters. The van der Waals surface area contributed by atoms with Crippen molar-refractivity contribution in [1.82, 2.24) is 10.2 Å². The van der Waals surface area contributed by atoms with Crippen LogP contribution in [0, 0.1) is 5.82 Å². The van der Waals surface area contributed by atoms with Crippen LogP contribution in [-0.4, -0.2) is 49.0 Å². The van der Waals surface area contributed by atoms with Crippen LogP contribution in [0.25, 0.3) is 10.9 Å². The Balaban J connectivity index is 1.66. The van der Waals surface area contributed by atoms with E-state index in [1.807, 2.05) is 35.2 Å². The van der Waals surface area contributed by atoms with Crippen molar-refractivity contribution >= 4 is 28.2 Å². The van der Waals surface area contributed by atoms with E-state index in [4.69, 9.17) is 4.74 Å². The molecule has 0 saturated carbocycles. The Kier molecular flexibility index (Phi) is 5.06.